The number of hydrogen-bond donors (Lipinski definition) is 1. The molecule has 0 aromatic heterocycles. The summed E-state index contributed by atoms with van der Waals surface area (Å²) in [5, 5.41) is 2.92. The van der Waals surface area contributed by atoms with Crippen LogP contribution in [0.1, 0.15) is 28.3 Å². The van der Waals surface area contributed by atoms with Gasteiger partial charge in [0.15, 0.2) is 0 Å². The number of rotatable bonds is 8. The van der Waals surface area contributed by atoms with Gasteiger partial charge in [-0.2, -0.15) is 0 Å². The van der Waals surface area contributed by atoms with Crippen molar-refractivity contribution in [3.8, 4) is 0 Å². The zero-order valence-corrected chi connectivity index (χ0v) is 19.8. The lowest BCUT2D eigenvalue weighted by Crippen LogP contribution is -2.50. The molecule has 36 heavy (non-hydrogen) atoms. The fraction of sp³-hybridized carbons (Fsp3) is 0.133. The van der Waals surface area contributed by atoms with Gasteiger partial charge in [0.2, 0.25) is 0 Å². The molecule has 2 atom stereocenters. The van der Waals surface area contributed by atoms with Gasteiger partial charge in [0.05, 0.1) is 13.2 Å². The van der Waals surface area contributed by atoms with Gasteiger partial charge in [-0.25, -0.2) is 9.18 Å². The maximum absolute atomic E-state index is 14.0. The van der Waals surface area contributed by atoms with Crippen molar-refractivity contribution in [2.45, 2.75) is 18.1 Å². The van der Waals surface area contributed by atoms with Crippen LogP contribution in [0, 0.1) is 5.82 Å². The van der Waals surface area contributed by atoms with Crippen LogP contribution in [-0.2, 0) is 26.3 Å². The molecule has 0 radical (unpaired) electrons. The van der Waals surface area contributed by atoms with Crippen LogP contribution >= 0.6 is 0 Å². The first-order valence-corrected chi connectivity index (χ1v) is 11.5. The summed E-state index contributed by atoms with van der Waals surface area (Å²) in [5.41, 5.74) is 0.953. The summed E-state index contributed by atoms with van der Waals surface area (Å²) in [5.74, 6) is -1.06. The van der Waals surface area contributed by atoms with Crippen LogP contribution in [0.25, 0.3) is 0 Å². The van der Waals surface area contributed by atoms with Crippen LogP contribution in [0.2, 0.25) is 0 Å². The summed E-state index contributed by atoms with van der Waals surface area (Å²) < 4.78 is 24.8. The Morgan fingerprint density at radius 2 is 1.31 bits per heavy atom. The van der Waals surface area contributed by atoms with Crippen molar-refractivity contribution in [1.82, 2.24) is 5.32 Å². The van der Waals surface area contributed by atoms with E-state index < -0.39 is 29.3 Å². The van der Waals surface area contributed by atoms with E-state index in [9.17, 15) is 14.0 Å². The lowest BCUT2D eigenvalue weighted by atomic mass is 9.67. The average molecular weight is 484 g/mol. The Kier molecular flexibility index (Phi) is 7.75. The highest BCUT2D eigenvalue weighted by Crippen LogP contribution is 2.44. The zero-order valence-electron chi connectivity index (χ0n) is 19.8. The van der Waals surface area contributed by atoms with Gasteiger partial charge in [-0.1, -0.05) is 103 Å². The molecule has 0 bridgehead atoms. The summed E-state index contributed by atoms with van der Waals surface area (Å²) in [6.45, 7) is 0.0568. The Labute approximate surface area is 209 Å². The highest BCUT2D eigenvalue weighted by molar-refractivity contribution is 5.90. The molecule has 0 heterocycles. The topological polar surface area (TPSA) is 64.6 Å². The summed E-state index contributed by atoms with van der Waals surface area (Å²) in [6.07, 6.45) is -0.709. The van der Waals surface area contributed by atoms with Crippen molar-refractivity contribution in [3.05, 3.63) is 143 Å². The van der Waals surface area contributed by atoms with E-state index in [1.165, 1.54) is 31.4 Å². The van der Waals surface area contributed by atoms with Crippen LogP contribution in [0.3, 0.4) is 0 Å². The monoisotopic (exact) mass is 483 g/mol. The number of nitrogens with one attached hydrogen (secondary N) is 1. The highest BCUT2D eigenvalue weighted by Gasteiger charge is 2.51. The first kappa shape index (κ1) is 24.7. The van der Waals surface area contributed by atoms with Gasteiger partial charge >= 0.3 is 12.1 Å². The fourth-order valence-electron chi connectivity index (χ4n) is 4.40. The molecular weight excluding hydrogens is 457 g/mol. The molecule has 0 spiro atoms. The summed E-state index contributed by atoms with van der Waals surface area (Å²) >= 11 is 0. The van der Waals surface area contributed by atoms with Crippen molar-refractivity contribution in [2.75, 3.05) is 7.11 Å². The molecule has 4 aromatic rings. The van der Waals surface area contributed by atoms with Crippen LogP contribution in [-0.4, -0.2) is 19.2 Å². The van der Waals surface area contributed by atoms with Crippen LogP contribution in [0.4, 0.5) is 9.18 Å². The van der Waals surface area contributed by atoms with Crippen molar-refractivity contribution >= 4 is 12.1 Å². The van der Waals surface area contributed by atoms with Gasteiger partial charge in [0.1, 0.15) is 17.8 Å². The first-order valence-electron chi connectivity index (χ1n) is 11.5. The number of hydrogen-bond acceptors (Lipinski definition) is 4. The largest absolute Gasteiger partial charge is 0.468 e. The smallest absolute Gasteiger partial charge is 0.408 e. The second-order valence-electron chi connectivity index (χ2n) is 8.22. The molecule has 0 saturated carbocycles. The standard InChI is InChI=1S/C30H26FNO4/c1-35-28(33)30(24-15-9-4-10-16-24,25-17-19-26(31)20-18-25)27(23-13-7-3-8-14-23)32-29(34)36-21-22-11-5-2-6-12-22/h2-20,27H,21H2,1H3,(H,32,34)/t27-,30-/m1/s1. The molecule has 0 aliphatic rings. The third kappa shape index (κ3) is 5.13. The third-order valence-corrected chi connectivity index (χ3v) is 6.08. The van der Waals surface area contributed by atoms with Crippen molar-refractivity contribution in [1.29, 1.82) is 0 Å². The molecule has 6 heteroatoms. The van der Waals surface area contributed by atoms with Gasteiger partial charge in [-0.05, 0) is 34.4 Å². The van der Waals surface area contributed by atoms with E-state index >= 15 is 0 Å². The van der Waals surface area contributed by atoms with Crippen LogP contribution in [0.5, 0.6) is 0 Å². The van der Waals surface area contributed by atoms with E-state index in [0.29, 0.717) is 16.7 Å². The highest BCUT2D eigenvalue weighted by atomic mass is 19.1. The van der Waals surface area contributed by atoms with Gasteiger partial charge < -0.3 is 14.8 Å². The molecule has 0 fully saturated rings. The molecule has 0 unspecified atom stereocenters. The SMILES string of the molecule is COC(=O)[C@](c1ccccc1)(c1ccc(F)cc1)[C@H](NC(=O)OCc1ccccc1)c1ccccc1. The molecule has 0 aliphatic heterocycles. The van der Waals surface area contributed by atoms with Gasteiger partial charge in [0, 0.05) is 0 Å². The Balaban J connectivity index is 1.85. The van der Waals surface area contributed by atoms with Gasteiger partial charge in [-0.15, -0.1) is 0 Å². The van der Waals surface area contributed by atoms with E-state index in [1.54, 1.807) is 24.3 Å². The molecule has 1 amide bonds. The number of amides is 1. The van der Waals surface area contributed by atoms with E-state index in [0.717, 1.165) is 5.56 Å². The summed E-state index contributed by atoms with van der Waals surface area (Å²) in [7, 11) is 1.29. The second-order valence-corrected chi connectivity index (χ2v) is 8.22. The number of methoxy groups -OCH3 is 1. The van der Waals surface area contributed by atoms with E-state index in [1.807, 2.05) is 66.7 Å². The number of esters is 1. The molecule has 5 nitrogen and oxygen atoms in total. The predicted octanol–water partition coefficient (Wildman–Crippen LogP) is 5.95. The third-order valence-electron chi connectivity index (χ3n) is 6.08. The number of carbonyl (C=O) groups excluding carboxylic acids is 2. The van der Waals surface area contributed by atoms with Crippen LogP contribution in [0.15, 0.2) is 115 Å². The van der Waals surface area contributed by atoms with Crippen molar-refractivity contribution < 1.29 is 23.5 Å². The normalized spacial score (nSPS) is 13.2. The van der Waals surface area contributed by atoms with Crippen molar-refractivity contribution in [3.63, 3.8) is 0 Å². The van der Waals surface area contributed by atoms with Crippen molar-refractivity contribution in [2.24, 2.45) is 0 Å². The molecule has 4 rings (SSSR count). The molecular formula is C30H26FNO4. The molecule has 1 N–H and O–H groups in total. The zero-order chi connectivity index (χ0) is 25.4. The fourth-order valence-corrected chi connectivity index (χ4v) is 4.40. The summed E-state index contributed by atoms with van der Waals surface area (Å²) in [6, 6.07) is 32.1. The molecule has 0 aliphatic carbocycles. The maximum atomic E-state index is 14.0. The Morgan fingerprint density at radius 3 is 1.89 bits per heavy atom. The number of ether oxygens (including phenoxy) is 2. The van der Waals surface area contributed by atoms with E-state index in [2.05, 4.69) is 5.32 Å². The Hall–Kier alpha value is -4.45. The number of carbonyl (C=O) groups is 2. The molecule has 0 saturated heterocycles. The minimum Gasteiger partial charge on any atom is -0.468 e. The Bertz CT molecular complexity index is 1280. The lowest BCUT2D eigenvalue weighted by molar-refractivity contribution is -0.147. The molecule has 4 aromatic carbocycles. The van der Waals surface area contributed by atoms with E-state index in [4.69, 9.17) is 9.47 Å². The van der Waals surface area contributed by atoms with Gasteiger partial charge in [0.25, 0.3) is 0 Å². The quantitative estimate of drug-likeness (QED) is 0.315. The molecule has 182 valence electrons. The number of benzene rings is 4. The summed E-state index contributed by atoms with van der Waals surface area (Å²) in [4.78, 5) is 26.9. The first-order chi connectivity index (χ1) is 17.6. The van der Waals surface area contributed by atoms with Gasteiger partial charge in [-0.3, -0.25) is 4.79 Å². The maximum Gasteiger partial charge on any atom is 0.408 e. The predicted molar refractivity (Wildman–Crippen MR) is 135 cm³/mol. The van der Waals surface area contributed by atoms with Crippen LogP contribution < -0.4 is 5.32 Å². The number of halogens is 1. The minimum absolute atomic E-state index is 0.0568. The minimum atomic E-state index is -1.54. The lowest BCUT2D eigenvalue weighted by Gasteiger charge is -2.39. The average Bonchev–Trinajstić information content (AvgIpc) is 2.94. The second kappa shape index (κ2) is 11.3. The Morgan fingerprint density at radius 1 is 0.778 bits per heavy atom. The number of alkyl carbamates (subject to hydrolysis) is 1. The van der Waals surface area contributed by atoms with E-state index in [-0.39, 0.29) is 6.61 Å².